The zero-order valence-corrected chi connectivity index (χ0v) is 10.5. The van der Waals surface area contributed by atoms with E-state index in [0.717, 1.165) is 0 Å². The minimum atomic E-state index is 0. The number of rotatable bonds is 0. The molecule has 0 aliphatic rings. The third-order valence-corrected chi connectivity index (χ3v) is 1.54. The molecule has 0 aliphatic heterocycles. The number of hydrogen-bond acceptors (Lipinski definition) is 2. The Morgan fingerprint density at radius 2 is 1.33 bits per heavy atom. The Morgan fingerprint density at radius 1 is 0.833 bits per heavy atom. The zero-order valence-electron chi connectivity index (χ0n) is 6.76. The van der Waals surface area contributed by atoms with E-state index in [0.29, 0.717) is 0 Å². The van der Waals surface area contributed by atoms with Crippen molar-refractivity contribution in [1.29, 1.82) is 0 Å². The van der Waals surface area contributed by atoms with E-state index in [1.54, 1.807) is 23.0 Å². The summed E-state index contributed by atoms with van der Waals surface area (Å²) in [5, 5.41) is 1.93. The van der Waals surface area contributed by atoms with Gasteiger partial charge >= 0.3 is 0 Å². The quantitative estimate of drug-likeness (QED) is 0.632. The van der Waals surface area contributed by atoms with Crippen molar-refractivity contribution in [3.05, 3.63) is 53.5 Å². The molecule has 0 spiro atoms. The van der Waals surface area contributed by atoms with Crippen molar-refractivity contribution >= 4 is 11.3 Å². The van der Waals surface area contributed by atoms with Crippen LogP contribution in [0.2, 0.25) is 0 Å². The largest absolute Gasteiger partial charge is 0.253 e. The van der Waals surface area contributed by atoms with Crippen LogP contribution >= 0.6 is 11.3 Å². The topological polar surface area (TPSA) is 12.9 Å². The van der Waals surface area contributed by atoms with Gasteiger partial charge in [-0.25, -0.2) is 0 Å². The fourth-order valence-electron chi connectivity index (χ4n) is 0.561. The molecule has 2 aromatic rings. The summed E-state index contributed by atoms with van der Waals surface area (Å²) >= 11 is 1.60. The van der Waals surface area contributed by atoms with Crippen LogP contribution in [0.3, 0.4) is 0 Å². The number of nitrogens with zero attached hydrogens (tertiary/aromatic N) is 1. The van der Waals surface area contributed by atoms with E-state index in [4.69, 9.17) is 0 Å². The molecule has 3 heteroatoms. The summed E-state index contributed by atoms with van der Waals surface area (Å²) in [6.45, 7) is 0. The Morgan fingerprint density at radius 3 is 1.50 bits per heavy atom. The van der Waals surface area contributed by atoms with Gasteiger partial charge in [0.15, 0.2) is 0 Å². The van der Waals surface area contributed by atoms with Crippen molar-refractivity contribution < 1.29 is 19.5 Å². The van der Waals surface area contributed by atoms with Crippen molar-refractivity contribution in [2.45, 2.75) is 0 Å². The Labute approximate surface area is 89.2 Å². The second kappa shape index (κ2) is 8.57. The first kappa shape index (κ1) is 11.5. The molecule has 12 heavy (non-hydrogen) atoms. The van der Waals surface area contributed by atoms with E-state index >= 15 is 0 Å². The van der Waals surface area contributed by atoms with Crippen molar-refractivity contribution in [3.63, 3.8) is 0 Å². The minimum Gasteiger partial charge on any atom is -0.253 e. The third kappa shape index (κ3) is 6.20. The van der Waals surface area contributed by atoms with Gasteiger partial charge in [-0.1, -0.05) is 36.4 Å². The molecule has 1 aromatic carbocycles. The number of benzene rings is 1. The van der Waals surface area contributed by atoms with Gasteiger partial charge < -0.3 is 0 Å². The summed E-state index contributed by atoms with van der Waals surface area (Å²) in [6.07, 6.45) is 1.77. The van der Waals surface area contributed by atoms with Crippen LogP contribution in [0.5, 0.6) is 0 Å². The first-order valence-corrected chi connectivity index (χ1v) is 4.26. The van der Waals surface area contributed by atoms with E-state index in [-0.39, 0.29) is 19.5 Å². The molecule has 0 fully saturated rings. The summed E-state index contributed by atoms with van der Waals surface area (Å²) in [4.78, 5) is 3.74. The van der Waals surface area contributed by atoms with Gasteiger partial charge in [0.1, 0.15) is 0 Å². The zero-order chi connectivity index (χ0) is 7.78. The molecule has 0 amide bonds. The van der Waals surface area contributed by atoms with E-state index in [9.17, 15) is 0 Å². The molecular formula is C9H9NSZn. The fraction of sp³-hybridized carbons (Fsp3) is 0. The summed E-state index contributed by atoms with van der Waals surface area (Å²) in [5.41, 5.74) is 1.79. The average molecular weight is 229 g/mol. The van der Waals surface area contributed by atoms with Crippen LogP contribution in [0.4, 0.5) is 0 Å². The monoisotopic (exact) mass is 227 g/mol. The predicted molar refractivity (Wildman–Crippen MR) is 48.6 cm³/mol. The Bertz CT molecular complexity index is 200. The molecule has 1 nitrogen and oxygen atoms in total. The second-order valence-electron chi connectivity index (χ2n) is 1.83. The smallest absolute Gasteiger partial charge is 0.0791 e. The molecule has 0 atom stereocenters. The number of hydrogen-bond donors (Lipinski definition) is 0. The Kier molecular flexibility index (Phi) is 8.19. The molecule has 0 aliphatic carbocycles. The molecule has 0 N–H and O–H groups in total. The molecule has 2 rings (SSSR count). The Balaban J connectivity index is 0.000000189. The molecule has 1 aromatic heterocycles. The van der Waals surface area contributed by atoms with Crippen LogP contribution in [0.25, 0.3) is 0 Å². The first-order chi connectivity index (χ1) is 5.50. The molecule has 0 unspecified atom stereocenters. The minimum absolute atomic E-state index is 0. The molecule has 0 saturated carbocycles. The van der Waals surface area contributed by atoms with E-state index in [1.165, 1.54) is 0 Å². The summed E-state index contributed by atoms with van der Waals surface area (Å²) in [6, 6.07) is 12.0. The fourth-order valence-corrected chi connectivity index (χ4v) is 0.912. The number of thiazole rings is 1. The van der Waals surface area contributed by atoms with E-state index in [1.807, 2.05) is 41.8 Å². The van der Waals surface area contributed by atoms with Crippen LogP contribution in [0.1, 0.15) is 0 Å². The maximum atomic E-state index is 3.74. The predicted octanol–water partition coefficient (Wildman–Crippen LogP) is 2.83. The SMILES string of the molecule is [Zn].c1ccccc1.c1cscn1. The molecule has 0 radical (unpaired) electrons. The van der Waals surface area contributed by atoms with Crippen LogP contribution < -0.4 is 0 Å². The molecule has 0 saturated heterocycles. The van der Waals surface area contributed by atoms with Gasteiger partial charge in [0, 0.05) is 31.1 Å². The number of aromatic nitrogens is 1. The van der Waals surface area contributed by atoms with Crippen molar-refractivity contribution in [2.75, 3.05) is 0 Å². The van der Waals surface area contributed by atoms with Crippen molar-refractivity contribution in [2.24, 2.45) is 0 Å². The van der Waals surface area contributed by atoms with Crippen LogP contribution in [0.15, 0.2) is 53.5 Å². The van der Waals surface area contributed by atoms with Crippen molar-refractivity contribution in [1.82, 2.24) is 4.98 Å². The standard InChI is InChI=1S/C6H6.C3H3NS.Zn/c1-2-4-6-5-3-1;1-2-5-3-4-1;/h1-6H;1-3H;. The van der Waals surface area contributed by atoms with Gasteiger partial charge in [0.25, 0.3) is 0 Å². The van der Waals surface area contributed by atoms with Gasteiger partial charge in [-0.2, -0.15) is 0 Å². The second-order valence-corrected chi connectivity index (χ2v) is 2.59. The average Bonchev–Trinajstić information content (AvgIpc) is 2.64. The van der Waals surface area contributed by atoms with Gasteiger partial charge in [-0.3, -0.25) is 4.98 Å². The van der Waals surface area contributed by atoms with E-state index < -0.39 is 0 Å². The molecule has 1 heterocycles. The normalized spacial score (nSPS) is 7.33. The summed E-state index contributed by atoms with van der Waals surface area (Å²) in [5.74, 6) is 0. The van der Waals surface area contributed by atoms with Gasteiger partial charge in [-0.05, 0) is 0 Å². The maximum absolute atomic E-state index is 3.74. The maximum Gasteiger partial charge on any atom is 0.0791 e. The summed E-state index contributed by atoms with van der Waals surface area (Å²) in [7, 11) is 0. The summed E-state index contributed by atoms with van der Waals surface area (Å²) < 4.78 is 0. The van der Waals surface area contributed by atoms with Gasteiger partial charge in [0.05, 0.1) is 5.51 Å². The molecular weight excluding hydrogens is 220 g/mol. The third-order valence-electron chi connectivity index (χ3n) is 1.01. The van der Waals surface area contributed by atoms with Gasteiger partial charge in [0.2, 0.25) is 0 Å². The van der Waals surface area contributed by atoms with Crippen molar-refractivity contribution in [3.8, 4) is 0 Å². The van der Waals surface area contributed by atoms with E-state index in [2.05, 4.69) is 4.98 Å². The van der Waals surface area contributed by atoms with Gasteiger partial charge in [-0.15, -0.1) is 11.3 Å². The van der Waals surface area contributed by atoms with Crippen LogP contribution in [-0.2, 0) is 19.5 Å². The van der Waals surface area contributed by atoms with Crippen LogP contribution in [0, 0.1) is 0 Å². The molecule has 0 bridgehead atoms. The first-order valence-electron chi connectivity index (χ1n) is 3.32. The van der Waals surface area contributed by atoms with Crippen LogP contribution in [-0.4, -0.2) is 4.98 Å². The molecule has 58 valence electrons. The Hall–Kier alpha value is -0.527.